The number of aryl methyl sites for hydroxylation is 2. The predicted molar refractivity (Wildman–Crippen MR) is 102 cm³/mol. The zero-order chi connectivity index (χ0) is 17.2. The van der Waals surface area contributed by atoms with Gasteiger partial charge in [-0.15, -0.1) is 11.3 Å². The second kappa shape index (κ2) is 6.70. The summed E-state index contributed by atoms with van der Waals surface area (Å²) in [5.74, 6) is -0.0235. The van der Waals surface area contributed by atoms with Crippen LogP contribution in [-0.4, -0.2) is 5.91 Å². The third-order valence-electron chi connectivity index (χ3n) is 4.74. The van der Waals surface area contributed by atoms with Gasteiger partial charge in [-0.1, -0.05) is 42.5 Å². The SMILES string of the molecule is N#Cc1c(NC(=O)CCc2ccc3ccccc3c2)sc2c1CCC2. The number of benzene rings is 2. The van der Waals surface area contributed by atoms with Crippen LogP contribution in [0.5, 0.6) is 0 Å². The highest BCUT2D eigenvalue weighted by Crippen LogP contribution is 2.38. The van der Waals surface area contributed by atoms with Crippen molar-refractivity contribution in [2.45, 2.75) is 32.1 Å². The number of carbonyl (C=O) groups is 1. The molecule has 0 saturated carbocycles. The lowest BCUT2D eigenvalue weighted by molar-refractivity contribution is -0.116. The number of rotatable bonds is 4. The molecule has 3 aromatic rings. The maximum Gasteiger partial charge on any atom is 0.225 e. The van der Waals surface area contributed by atoms with Crippen LogP contribution in [0.15, 0.2) is 42.5 Å². The van der Waals surface area contributed by atoms with E-state index in [1.165, 1.54) is 15.6 Å². The van der Waals surface area contributed by atoms with Gasteiger partial charge in [0.1, 0.15) is 11.1 Å². The number of amides is 1. The average molecular weight is 346 g/mol. The van der Waals surface area contributed by atoms with Gasteiger partial charge in [-0.05, 0) is 47.6 Å². The Morgan fingerprint density at radius 1 is 1.16 bits per heavy atom. The van der Waals surface area contributed by atoms with Crippen LogP contribution in [0, 0.1) is 11.3 Å². The maximum absolute atomic E-state index is 12.3. The highest BCUT2D eigenvalue weighted by atomic mass is 32.1. The Morgan fingerprint density at radius 3 is 2.84 bits per heavy atom. The van der Waals surface area contributed by atoms with Gasteiger partial charge < -0.3 is 5.32 Å². The van der Waals surface area contributed by atoms with Crippen LogP contribution in [-0.2, 0) is 24.1 Å². The van der Waals surface area contributed by atoms with Crippen LogP contribution in [0.1, 0.15) is 34.4 Å². The zero-order valence-corrected chi connectivity index (χ0v) is 14.7. The van der Waals surface area contributed by atoms with Crippen molar-refractivity contribution in [3.05, 3.63) is 64.0 Å². The van der Waals surface area contributed by atoms with Crippen LogP contribution in [0.25, 0.3) is 10.8 Å². The minimum Gasteiger partial charge on any atom is -0.317 e. The van der Waals surface area contributed by atoms with Crippen molar-refractivity contribution < 1.29 is 4.79 Å². The van der Waals surface area contributed by atoms with Crippen LogP contribution < -0.4 is 5.32 Å². The minimum atomic E-state index is -0.0235. The van der Waals surface area contributed by atoms with Crippen LogP contribution in [0.2, 0.25) is 0 Å². The van der Waals surface area contributed by atoms with E-state index in [4.69, 9.17) is 0 Å². The molecule has 124 valence electrons. The first-order valence-corrected chi connectivity index (χ1v) is 9.38. The molecule has 0 unspecified atom stereocenters. The number of hydrogen-bond acceptors (Lipinski definition) is 3. The lowest BCUT2D eigenvalue weighted by atomic mass is 10.0. The number of anilines is 1. The van der Waals surface area contributed by atoms with Crippen LogP contribution in [0.4, 0.5) is 5.00 Å². The molecular formula is C21H18N2OS. The molecule has 0 bridgehead atoms. The summed E-state index contributed by atoms with van der Waals surface area (Å²) in [5, 5.41) is 15.5. The summed E-state index contributed by atoms with van der Waals surface area (Å²) < 4.78 is 0. The highest BCUT2D eigenvalue weighted by Gasteiger charge is 2.22. The number of nitrogens with one attached hydrogen (secondary N) is 1. The monoisotopic (exact) mass is 346 g/mol. The fraction of sp³-hybridized carbons (Fsp3) is 0.238. The van der Waals surface area contributed by atoms with Crippen molar-refractivity contribution in [1.82, 2.24) is 0 Å². The van der Waals surface area contributed by atoms with Crippen molar-refractivity contribution in [3.63, 3.8) is 0 Å². The second-order valence-electron chi connectivity index (χ2n) is 6.40. The highest BCUT2D eigenvalue weighted by molar-refractivity contribution is 7.16. The lowest BCUT2D eigenvalue weighted by Gasteiger charge is -2.06. The van der Waals surface area contributed by atoms with Crippen LogP contribution >= 0.6 is 11.3 Å². The van der Waals surface area contributed by atoms with E-state index in [-0.39, 0.29) is 5.91 Å². The van der Waals surface area contributed by atoms with E-state index >= 15 is 0 Å². The molecular weight excluding hydrogens is 328 g/mol. The third-order valence-corrected chi connectivity index (χ3v) is 5.95. The predicted octanol–water partition coefficient (Wildman–Crippen LogP) is 4.83. The molecule has 1 aliphatic rings. The molecule has 2 aromatic carbocycles. The molecule has 0 atom stereocenters. The van der Waals surface area contributed by atoms with E-state index in [0.717, 1.165) is 35.4 Å². The van der Waals surface area contributed by atoms with E-state index in [1.807, 2.05) is 12.1 Å². The summed E-state index contributed by atoms with van der Waals surface area (Å²) in [6.07, 6.45) is 4.23. The maximum atomic E-state index is 12.3. The van der Waals surface area contributed by atoms with Gasteiger partial charge in [-0.2, -0.15) is 5.26 Å². The summed E-state index contributed by atoms with van der Waals surface area (Å²) in [7, 11) is 0. The van der Waals surface area contributed by atoms with Gasteiger partial charge in [0.25, 0.3) is 0 Å². The van der Waals surface area contributed by atoms with E-state index in [0.29, 0.717) is 18.4 Å². The Morgan fingerprint density at radius 2 is 2.00 bits per heavy atom. The average Bonchev–Trinajstić information content (AvgIpc) is 3.20. The fourth-order valence-corrected chi connectivity index (χ4v) is 4.71. The van der Waals surface area contributed by atoms with Gasteiger partial charge in [0.05, 0.1) is 5.56 Å². The molecule has 1 amide bonds. The molecule has 1 aliphatic carbocycles. The van der Waals surface area contributed by atoms with Gasteiger partial charge in [0.2, 0.25) is 5.91 Å². The van der Waals surface area contributed by atoms with Crippen molar-refractivity contribution >= 4 is 33.0 Å². The first-order valence-electron chi connectivity index (χ1n) is 8.57. The smallest absolute Gasteiger partial charge is 0.225 e. The molecule has 0 fully saturated rings. The first kappa shape index (κ1) is 15.9. The standard InChI is InChI=1S/C21H18N2OS/c22-13-18-17-6-3-7-19(17)25-21(18)23-20(24)11-9-14-8-10-15-4-1-2-5-16(15)12-14/h1-2,4-5,8,10,12H,3,6-7,9,11H2,(H,23,24). The topological polar surface area (TPSA) is 52.9 Å². The number of nitriles is 1. The molecule has 1 heterocycles. The Labute approximate surface area is 150 Å². The molecule has 4 rings (SSSR count). The molecule has 0 aliphatic heterocycles. The summed E-state index contributed by atoms with van der Waals surface area (Å²) in [6.45, 7) is 0. The van der Waals surface area contributed by atoms with Gasteiger partial charge >= 0.3 is 0 Å². The van der Waals surface area contributed by atoms with Gasteiger partial charge in [0, 0.05) is 11.3 Å². The van der Waals surface area contributed by atoms with E-state index in [2.05, 4.69) is 41.7 Å². The molecule has 1 N–H and O–H groups in total. The molecule has 0 spiro atoms. The summed E-state index contributed by atoms with van der Waals surface area (Å²) in [6, 6.07) is 16.8. The molecule has 0 saturated heterocycles. The Kier molecular flexibility index (Phi) is 4.25. The fourth-order valence-electron chi connectivity index (χ4n) is 3.45. The van der Waals surface area contributed by atoms with E-state index < -0.39 is 0 Å². The normalized spacial score (nSPS) is 12.8. The van der Waals surface area contributed by atoms with Crippen molar-refractivity contribution in [3.8, 4) is 6.07 Å². The largest absolute Gasteiger partial charge is 0.317 e. The quantitative estimate of drug-likeness (QED) is 0.735. The summed E-state index contributed by atoms with van der Waals surface area (Å²) >= 11 is 1.57. The van der Waals surface area contributed by atoms with Crippen LogP contribution in [0.3, 0.4) is 0 Å². The molecule has 25 heavy (non-hydrogen) atoms. The van der Waals surface area contributed by atoms with Crippen molar-refractivity contribution in [2.75, 3.05) is 5.32 Å². The van der Waals surface area contributed by atoms with Gasteiger partial charge in [-0.3, -0.25) is 4.79 Å². The Hall–Kier alpha value is -2.64. The van der Waals surface area contributed by atoms with Crippen molar-refractivity contribution in [1.29, 1.82) is 5.26 Å². The summed E-state index contributed by atoms with van der Waals surface area (Å²) in [4.78, 5) is 13.6. The van der Waals surface area contributed by atoms with Gasteiger partial charge in [-0.25, -0.2) is 0 Å². The first-order chi connectivity index (χ1) is 12.2. The van der Waals surface area contributed by atoms with Gasteiger partial charge in [0.15, 0.2) is 0 Å². The molecule has 3 nitrogen and oxygen atoms in total. The molecule has 4 heteroatoms. The Bertz CT molecular complexity index is 997. The number of hydrogen-bond donors (Lipinski definition) is 1. The third kappa shape index (κ3) is 3.16. The number of nitrogens with zero attached hydrogens (tertiary/aromatic N) is 1. The zero-order valence-electron chi connectivity index (χ0n) is 13.8. The van der Waals surface area contributed by atoms with Crippen molar-refractivity contribution in [2.24, 2.45) is 0 Å². The molecule has 0 radical (unpaired) electrons. The number of fused-ring (bicyclic) bond motifs is 2. The summed E-state index contributed by atoms with van der Waals surface area (Å²) in [5.41, 5.74) is 2.98. The van der Waals surface area contributed by atoms with E-state index in [9.17, 15) is 10.1 Å². The minimum absolute atomic E-state index is 0.0235. The lowest BCUT2D eigenvalue weighted by Crippen LogP contribution is -2.12. The number of carbonyl (C=O) groups excluding carboxylic acids is 1. The molecule has 1 aromatic heterocycles. The second-order valence-corrected chi connectivity index (χ2v) is 7.51. The van der Waals surface area contributed by atoms with E-state index in [1.54, 1.807) is 11.3 Å². The Balaban J connectivity index is 1.43. The number of thiophene rings is 1.